The van der Waals surface area contributed by atoms with Gasteiger partial charge in [0.05, 0.1) is 6.20 Å². The van der Waals surface area contributed by atoms with Crippen molar-refractivity contribution >= 4 is 11.8 Å². The molecule has 0 saturated heterocycles. The third-order valence-electron chi connectivity index (χ3n) is 3.76. The average molecular weight is 265 g/mol. The molecule has 1 saturated carbocycles. The largest absolute Gasteiger partial charge is 0.313 e. The highest BCUT2D eigenvalue weighted by Crippen LogP contribution is 2.42. The Labute approximate surface area is 114 Å². The van der Waals surface area contributed by atoms with E-state index in [0.717, 1.165) is 11.6 Å². The Morgan fingerprint density at radius 3 is 2.94 bits per heavy atom. The van der Waals surface area contributed by atoms with E-state index in [1.54, 1.807) is 12.4 Å². The van der Waals surface area contributed by atoms with Crippen LogP contribution in [-0.4, -0.2) is 27.8 Å². The molecule has 1 aromatic rings. The summed E-state index contributed by atoms with van der Waals surface area (Å²) >= 11 is 1.88. The summed E-state index contributed by atoms with van der Waals surface area (Å²) in [6.07, 6.45) is 9.27. The normalized spacial score (nSPS) is 27.1. The first-order chi connectivity index (χ1) is 8.63. The van der Waals surface area contributed by atoms with Crippen LogP contribution in [0.4, 0.5) is 0 Å². The van der Waals surface area contributed by atoms with Crippen molar-refractivity contribution in [2.24, 2.45) is 5.41 Å². The molecule has 1 fully saturated rings. The van der Waals surface area contributed by atoms with Gasteiger partial charge in [-0.2, -0.15) is 0 Å². The molecule has 0 spiro atoms. The van der Waals surface area contributed by atoms with Crippen molar-refractivity contribution in [1.29, 1.82) is 0 Å². The minimum atomic E-state index is 0.369. The van der Waals surface area contributed by atoms with Crippen molar-refractivity contribution in [3.8, 4) is 0 Å². The number of aromatic nitrogens is 2. The molecule has 100 valence electrons. The molecule has 0 bridgehead atoms. The van der Waals surface area contributed by atoms with Gasteiger partial charge in [-0.3, -0.25) is 4.98 Å². The molecule has 18 heavy (non-hydrogen) atoms. The molecule has 1 N–H and O–H groups in total. The maximum atomic E-state index is 4.39. The minimum Gasteiger partial charge on any atom is -0.313 e. The lowest BCUT2D eigenvalue weighted by Crippen LogP contribution is -2.51. The van der Waals surface area contributed by atoms with Crippen LogP contribution >= 0.6 is 11.8 Å². The summed E-state index contributed by atoms with van der Waals surface area (Å²) in [5.74, 6) is 0. The van der Waals surface area contributed by atoms with Crippen molar-refractivity contribution in [3.63, 3.8) is 0 Å². The predicted molar refractivity (Wildman–Crippen MR) is 76.8 cm³/mol. The lowest BCUT2D eigenvalue weighted by atomic mass is 9.73. The number of hydrogen-bond donors (Lipinski definition) is 1. The molecule has 2 atom stereocenters. The quantitative estimate of drug-likeness (QED) is 0.907. The van der Waals surface area contributed by atoms with Gasteiger partial charge < -0.3 is 5.32 Å². The first-order valence-corrected chi connectivity index (χ1v) is 7.67. The third-order valence-corrected chi connectivity index (χ3v) is 5.02. The molecular formula is C14H23N3S. The maximum Gasteiger partial charge on any atom is 0.115 e. The van der Waals surface area contributed by atoms with Gasteiger partial charge >= 0.3 is 0 Å². The minimum absolute atomic E-state index is 0.369. The van der Waals surface area contributed by atoms with E-state index in [1.165, 1.54) is 19.3 Å². The number of nitrogens with one attached hydrogen (secondary N) is 1. The molecular weight excluding hydrogens is 242 g/mol. The first kappa shape index (κ1) is 13.8. The summed E-state index contributed by atoms with van der Waals surface area (Å²) in [4.78, 5) is 8.54. The van der Waals surface area contributed by atoms with Crippen LogP contribution in [0, 0.1) is 5.41 Å². The summed E-state index contributed by atoms with van der Waals surface area (Å²) < 4.78 is 0. The SMILES string of the molecule is CCNC1C(Sc2cnccn2)CCCC1(C)C. The Kier molecular flexibility index (Phi) is 4.62. The smallest absolute Gasteiger partial charge is 0.115 e. The Morgan fingerprint density at radius 2 is 2.28 bits per heavy atom. The fourth-order valence-corrected chi connectivity index (χ4v) is 4.28. The third kappa shape index (κ3) is 3.23. The summed E-state index contributed by atoms with van der Waals surface area (Å²) in [7, 11) is 0. The summed E-state index contributed by atoms with van der Waals surface area (Å²) in [6.45, 7) is 7.98. The zero-order valence-electron chi connectivity index (χ0n) is 11.5. The standard InChI is InChI=1S/C14H23N3S/c1-4-16-13-11(6-5-7-14(13,2)3)18-12-10-15-8-9-17-12/h8-11,13,16H,4-7H2,1-3H3. The van der Waals surface area contributed by atoms with E-state index in [9.17, 15) is 0 Å². The van der Waals surface area contributed by atoms with E-state index in [2.05, 4.69) is 36.1 Å². The molecule has 0 amide bonds. The lowest BCUT2D eigenvalue weighted by Gasteiger charge is -2.44. The molecule has 0 aliphatic heterocycles. The topological polar surface area (TPSA) is 37.8 Å². The van der Waals surface area contributed by atoms with Crippen molar-refractivity contribution < 1.29 is 0 Å². The fraction of sp³-hybridized carbons (Fsp3) is 0.714. The summed E-state index contributed by atoms with van der Waals surface area (Å²) in [5, 5.41) is 5.32. The second-order valence-corrected chi connectivity index (χ2v) is 6.88. The number of hydrogen-bond acceptors (Lipinski definition) is 4. The van der Waals surface area contributed by atoms with Gasteiger partial charge in [-0.05, 0) is 24.8 Å². The van der Waals surface area contributed by atoms with Crippen molar-refractivity contribution in [3.05, 3.63) is 18.6 Å². The zero-order valence-corrected chi connectivity index (χ0v) is 12.3. The first-order valence-electron chi connectivity index (χ1n) is 6.79. The summed E-state index contributed by atoms with van der Waals surface area (Å²) in [6, 6.07) is 0.559. The van der Waals surface area contributed by atoms with Gasteiger partial charge in [-0.25, -0.2) is 4.98 Å². The van der Waals surface area contributed by atoms with E-state index in [-0.39, 0.29) is 0 Å². The van der Waals surface area contributed by atoms with Crippen LogP contribution in [0.2, 0.25) is 0 Å². The lowest BCUT2D eigenvalue weighted by molar-refractivity contribution is 0.176. The monoisotopic (exact) mass is 265 g/mol. The van der Waals surface area contributed by atoms with Crippen molar-refractivity contribution in [2.45, 2.75) is 56.4 Å². The Morgan fingerprint density at radius 1 is 1.44 bits per heavy atom. The van der Waals surface area contributed by atoms with Gasteiger partial charge in [0.1, 0.15) is 5.03 Å². The molecule has 1 aliphatic carbocycles. The van der Waals surface area contributed by atoms with Crippen LogP contribution in [-0.2, 0) is 0 Å². The highest BCUT2D eigenvalue weighted by molar-refractivity contribution is 7.99. The second kappa shape index (κ2) is 6.02. The Hall–Kier alpha value is -0.610. The molecule has 0 aromatic carbocycles. The van der Waals surface area contributed by atoms with Crippen molar-refractivity contribution in [1.82, 2.24) is 15.3 Å². The van der Waals surface area contributed by atoms with Crippen LogP contribution < -0.4 is 5.32 Å². The van der Waals surface area contributed by atoms with E-state index < -0.39 is 0 Å². The van der Waals surface area contributed by atoms with Gasteiger partial charge in [-0.15, -0.1) is 0 Å². The maximum absolute atomic E-state index is 4.39. The van der Waals surface area contributed by atoms with E-state index in [4.69, 9.17) is 0 Å². The van der Waals surface area contributed by atoms with Crippen LogP contribution in [0.1, 0.15) is 40.0 Å². The van der Waals surface area contributed by atoms with E-state index in [1.807, 2.05) is 18.0 Å². The van der Waals surface area contributed by atoms with Gasteiger partial charge in [0.15, 0.2) is 0 Å². The van der Waals surface area contributed by atoms with E-state index >= 15 is 0 Å². The molecule has 1 aliphatic rings. The average Bonchev–Trinajstić information content (AvgIpc) is 2.35. The second-order valence-electron chi connectivity index (χ2n) is 5.62. The molecule has 2 unspecified atom stereocenters. The van der Waals surface area contributed by atoms with Gasteiger partial charge in [0.2, 0.25) is 0 Å². The molecule has 3 nitrogen and oxygen atoms in total. The van der Waals surface area contributed by atoms with Crippen LogP contribution in [0.25, 0.3) is 0 Å². The zero-order chi connectivity index (χ0) is 13.0. The Bertz CT molecular complexity index is 367. The highest BCUT2D eigenvalue weighted by Gasteiger charge is 2.38. The highest BCUT2D eigenvalue weighted by atomic mass is 32.2. The molecule has 4 heteroatoms. The number of rotatable bonds is 4. The fourth-order valence-electron chi connectivity index (χ4n) is 2.84. The van der Waals surface area contributed by atoms with Gasteiger partial charge in [0, 0.05) is 23.7 Å². The van der Waals surface area contributed by atoms with Gasteiger partial charge in [0.25, 0.3) is 0 Å². The molecule has 2 rings (SSSR count). The molecule has 1 aromatic heterocycles. The summed E-state index contributed by atoms with van der Waals surface area (Å²) in [5.41, 5.74) is 0.369. The number of thioether (sulfide) groups is 1. The van der Waals surface area contributed by atoms with Crippen LogP contribution in [0.15, 0.2) is 23.6 Å². The predicted octanol–water partition coefficient (Wildman–Crippen LogP) is 3.13. The van der Waals surface area contributed by atoms with E-state index in [0.29, 0.717) is 16.7 Å². The molecule has 1 heterocycles. The molecule has 0 radical (unpaired) electrons. The van der Waals surface area contributed by atoms with Gasteiger partial charge in [-0.1, -0.05) is 39.0 Å². The van der Waals surface area contributed by atoms with Crippen LogP contribution in [0.5, 0.6) is 0 Å². The van der Waals surface area contributed by atoms with Crippen LogP contribution in [0.3, 0.4) is 0 Å². The van der Waals surface area contributed by atoms with Crippen molar-refractivity contribution in [2.75, 3.05) is 6.54 Å². The number of nitrogens with zero attached hydrogens (tertiary/aromatic N) is 2. The Balaban J connectivity index is 2.09.